The summed E-state index contributed by atoms with van der Waals surface area (Å²) in [6.07, 6.45) is 5.68. The molecule has 2 heterocycles. The lowest BCUT2D eigenvalue weighted by atomic mass is 10.0. The lowest BCUT2D eigenvalue weighted by Crippen LogP contribution is -2.52. The molecule has 2 saturated heterocycles. The minimum Gasteiger partial charge on any atom is -0.395 e. The predicted molar refractivity (Wildman–Crippen MR) is 74.9 cm³/mol. The summed E-state index contributed by atoms with van der Waals surface area (Å²) in [5.74, 6) is 0.607. The van der Waals surface area contributed by atoms with Gasteiger partial charge in [0.25, 0.3) is 10.2 Å². The van der Waals surface area contributed by atoms with Gasteiger partial charge in [0.15, 0.2) is 0 Å². The highest BCUT2D eigenvalue weighted by Crippen LogP contribution is 2.25. The molecule has 112 valence electrons. The fraction of sp³-hybridized carbons (Fsp3) is 1.00. The number of hydrogen-bond acceptors (Lipinski definition) is 3. The first kappa shape index (κ1) is 15.2. The summed E-state index contributed by atoms with van der Waals surface area (Å²) in [5, 5.41) is 9.40. The third-order valence-corrected chi connectivity index (χ3v) is 6.47. The molecule has 0 aromatic rings. The molecule has 0 aromatic heterocycles. The molecule has 2 unspecified atom stereocenters. The second kappa shape index (κ2) is 6.52. The largest absolute Gasteiger partial charge is 0.395 e. The number of piperidine rings is 1. The van der Waals surface area contributed by atoms with E-state index in [1.54, 1.807) is 4.31 Å². The minimum atomic E-state index is -3.39. The molecule has 2 aliphatic heterocycles. The zero-order chi connectivity index (χ0) is 13.9. The van der Waals surface area contributed by atoms with E-state index in [2.05, 4.69) is 6.92 Å². The quantitative estimate of drug-likeness (QED) is 0.849. The Morgan fingerprint density at radius 3 is 2.58 bits per heavy atom. The molecule has 6 heteroatoms. The number of rotatable bonds is 3. The Morgan fingerprint density at radius 2 is 1.84 bits per heavy atom. The molecule has 2 atom stereocenters. The maximum Gasteiger partial charge on any atom is 0.282 e. The van der Waals surface area contributed by atoms with Crippen LogP contribution in [0.2, 0.25) is 0 Å². The molecule has 5 nitrogen and oxygen atoms in total. The zero-order valence-electron chi connectivity index (χ0n) is 11.8. The van der Waals surface area contributed by atoms with Crippen molar-refractivity contribution < 1.29 is 13.5 Å². The fourth-order valence-corrected chi connectivity index (χ4v) is 4.98. The molecule has 2 rings (SSSR count). The highest BCUT2D eigenvalue weighted by atomic mass is 32.2. The van der Waals surface area contributed by atoms with Crippen LogP contribution in [0.25, 0.3) is 0 Å². The van der Waals surface area contributed by atoms with Crippen LogP contribution in [0.1, 0.15) is 45.4 Å². The topological polar surface area (TPSA) is 60.9 Å². The van der Waals surface area contributed by atoms with Gasteiger partial charge in [-0.2, -0.15) is 17.0 Å². The van der Waals surface area contributed by atoms with Gasteiger partial charge in [0, 0.05) is 25.7 Å². The highest BCUT2D eigenvalue weighted by molar-refractivity contribution is 7.86. The Bertz CT molecular complexity index is 385. The van der Waals surface area contributed by atoms with Crippen molar-refractivity contribution in [2.75, 3.05) is 26.2 Å². The van der Waals surface area contributed by atoms with E-state index in [9.17, 15) is 13.5 Å². The van der Waals surface area contributed by atoms with Crippen molar-refractivity contribution in [2.45, 2.75) is 51.5 Å². The van der Waals surface area contributed by atoms with Gasteiger partial charge < -0.3 is 5.11 Å². The van der Waals surface area contributed by atoms with Crippen molar-refractivity contribution >= 4 is 10.2 Å². The molecule has 0 amide bonds. The summed E-state index contributed by atoms with van der Waals surface area (Å²) in [5.41, 5.74) is 0. The van der Waals surface area contributed by atoms with E-state index < -0.39 is 10.2 Å². The number of hydrogen-bond donors (Lipinski definition) is 1. The van der Waals surface area contributed by atoms with Crippen LogP contribution in [0, 0.1) is 5.92 Å². The van der Waals surface area contributed by atoms with Crippen molar-refractivity contribution in [3.05, 3.63) is 0 Å². The molecular formula is C13H26N2O3S. The van der Waals surface area contributed by atoms with Crippen molar-refractivity contribution in [2.24, 2.45) is 5.92 Å². The molecule has 2 fully saturated rings. The minimum absolute atomic E-state index is 0.0660. The summed E-state index contributed by atoms with van der Waals surface area (Å²) >= 11 is 0. The Balaban J connectivity index is 2.11. The molecule has 1 N–H and O–H groups in total. The van der Waals surface area contributed by atoms with Gasteiger partial charge in [-0.05, 0) is 38.0 Å². The Kier molecular flexibility index (Phi) is 5.22. The summed E-state index contributed by atoms with van der Waals surface area (Å²) in [4.78, 5) is 0. The summed E-state index contributed by atoms with van der Waals surface area (Å²) in [7, 11) is -3.39. The van der Waals surface area contributed by atoms with Gasteiger partial charge in [-0.3, -0.25) is 0 Å². The van der Waals surface area contributed by atoms with Crippen LogP contribution in [0.4, 0.5) is 0 Å². The van der Waals surface area contributed by atoms with Gasteiger partial charge in [-0.15, -0.1) is 0 Å². The van der Waals surface area contributed by atoms with E-state index in [-0.39, 0.29) is 12.6 Å². The highest BCUT2D eigenvalue weighted by Gasteiger charge is 2.36. The van der Waals surface area contributed by atoms with Crippen molar-refractivity contribution in [3.63, 3.8) is 0 Å². The average Bonchev–Trinajstić information content (AvgIpc) is 2.64. The number of nitrogens with zero attached hydrogens (tertiary/aromatic N) is 2. The molecule has 0 aromatic carbocycles. The monoisotopic (exact) mass is 290 g/mol. The van der Waals surface area contributed by atoms with E-state index in [0.717, 1.165) is 38.5 Å². The normalized spacial score (nSPS) is 32.1. The molecule has 2 aliphatic rings. The van der Waals surface area contributed by atoms with E-state index in [4.69, 9.17) is 0 Å². The maximum absolute atomic E-state index is 12.7. The van der Waals surface area contributed by atoms with Gasteiger partial charge in [0.05, 0.1) is 6.61 Å². The third kappa shape index (κ3) is 3.48. The van der Waals surface area contributed by atoms with Crippen LogP contribution in [0.5, 0.6) is 0 Å². The van der Waals surface area contributed by atoms with Crippen LogP contribution in [-0.4, -0.2) is 54.4 Å². The summed E-state index contributed by atoms with van der Waals surface area (Å²) < 4.78 is 28.6. The average molecular weight is 290 g/mol. The van der Waals surface area contributed by atoms with Crippen LogP contribution >= 0.6 is 0 Å². The second-order valence-corrected chi connectivity index (χ2v) is 7.77. The molecule has 0 aliphatic carbocycles. The van der Waals surface area contributed by atoms with Crippen LogP contribution in [0.15, 0.2) is 0 Å². The first-order chi connectivity index (χ1) is 9.05. The molecule has 0 spiro atoms. The standard InChI is InChI=1S/C13H26N2O3S/c1-12-5-4-8-14(10-7-12)19(17,18)15-9-3-2-6-13(15)11-16/h12-13,16H,2-11H2,1H3. The van der Waals surface area contributed by atoms with Gasteiger partial charge in [0.1, 0.15) is 0 Å². The Morgan fingerprint density at radius 1 is 1.05 bits per heavy atom. The smallest absolute Gasteiger partial charge is 0.282 e. The maximum atomic E-state index is 12.7. The Labute approximate surface area is 116 Å². The van der Waals surface area contributed by atoms with E-state index in [1.165, 1.54) is 4.31 Å². The fourth-order valence-electron chi connectivity index (χ4n) is 3.08. The number of aliphatic hydroxyl groups excluding tert-OH is 1. The van der Waals surface area contributed by atoms with Crippen molar-refractivity contribution in [3.8, 4) is 0 Å². The summed E-state index contributed by atoms with van der Waals surface area (Å²) in [6.45, 7) is 3.93. The predicted octanol–water partition coefficient (Wildman–Crippen LogP) is 1.20. The van der Waals surface area contributed by atoms with Crippen LogP contribution in [-0.2, 0) is 10.2 Å². The van der Waals surface area contributed by atoms with E-state index >= 15 is 0 Å². The summed E-state index contributed by atoms with van der Waals surface area (Å²) in [6, 6.07) is -0.223. The number of aliphatic hydroxyl groups is 1. The molecule has 0 saturated carbocycles. The third-order valence-electron chi connectivity index (χ3n) is 4.38. The van der Waals surface area contributed by atoms with Crippen LogP contribution < -0.4 is 0 Å². The second-order valence-electron chi connectivity index (χ2n) is 5.89. The van der Waals surface area contributed by atoms with Gasteiger partial charge in [-0.1, -0.05) is 13.3 Å². The lowest BCUT2D eigenvalue weighted by molar-refractivity contribution is 0.147. The molecule has 0 radical (unpaired) electrons. The van der Waals surface area contributed by atoms with Crippen molar-refractivity contribution in [1.29, 1.82) is 0 Å². The molecule has 19 heavy (non-hydrogen) atoms. The van der Waals surface area contributed by atoms with Crippen molar-refractivity contribution in [1.82, 2.24) is 8.61 Å². The van der Waals surface area contributed by atoms with Crippen LogP contribution in [0.3, 0.4) is 0 Å². The van der Waals surface area contributed by atoms with Gasteiger partial charge >= 0.3 is 0 Å². The molecular weight excluding hydrogens is 264 g/mol. The van der Waals surface area contributed by atoms with E-state index in [0.29, 0.717) is 25.6 Å². The Hall–Kier alpha value is -0.170. The SMILES string of the molecule is CC1CCCN(S(=O)(=O)N2CCCCC2CO)CC1. The van der Waals surface area contributed by atoms with Gasteiger partial charge in [0.2, 0.25) is 0 Å². The first-order valence-electron chi connectivity index (χ1n) is 7.43. The molecule has 0 bridgehead atoms. The first-order valence-corrected chi connectivity index (χ1v) is 8.83. The van der Waals surface area contributed by atoms with E-state index in [1.807, 2.05) is 0 Å². The van der Waals surface area contributed by atoms with Gasteiger partial charge in [-0.25, -0.2) is 0 Å². The zero-order valence-corrected chi connectivity index (χ0v) is 12.6. The lowest BCUT2D eigenvalue weighted by Gasteiger charge is -2.36.